The SMILES string of the molecule is COc1ccc2c(c1)c1cc(OC)ccc1n2-c1cc(-c2ccc(C#N)c(-n3c4ccc(OC)cc4c4cc(OC)ccc43)c2)ccc1C#N. The van der Waals surface area contributed by atoms with Gasteiger partial charge in [-0.1, -0.05) is 12.1 Å². The lowest BCUT2D eigenvalue weighted by molar-refractivity contribution is 0.415. The number of fused-ring (bicyclic) bond motifs is 6. The highest BCUT2D eigenvalue weighted by atomic mass is 16.5. The Morgan fingerprint density at radius 3 is 0.960 bits per heavy atom. The van der Waals surface area contributed by atoms with Crippen molar-refractivity contribution >= 4 is 43.6 Å². The number of benzene rings is 6. The highest BCUT2D eigenvalue weighted by Crippen LogP contribution is 2.40. The van der Waals surface area contributed by atoms with Crippen LogP contribution in [0.1, 0.15) is 11.1 Å². The summed E-state index contributed by atoms with van der Waals surface area (Å²) in [6, 6.07) is 40.3. The van der Waals surface area contributed by atoms with Gasteiger partial charge in [-0.2, -0.15) is 10.5 Å². The van der Waals surface area contributed by atoms with Gasteiger partial charge in [-0.25, -0.2) is 0 Å². The largest absolute Gasteiger partial charge is 0.497 e. The molecular weight excluding hydrogens is 624 g/mol. The Labute approximate surface area is 288 Å². The number of aromatic nitrogens is 2. The molecule has 0 spiro atoms. The Kier molecular flexibility index (Phi) is 7.28. The van der Waals surface area contributed by atoms with Gasteiger partial charge in [-0.3, -0.25) is 0 Å². The molecule has 2 heterocycles. The molecule has 8 rings (SSSR count). The smallest absolute Gasteiger partial charge is 0.119 e. The normalized spacial score (nSPS) is 11.2. The molecule has 0 aliphatic carbocycles. The zero-order valence-corrected chi connectivity index (χ0v) is 27.8. The van der Waals surface area contributed by atoms with Crippen LogP contribution in [0.15, 0.2) is 109 Å². The molecule has 0 bridgehead atoms. The summed E-state index contributed by atoms with van der Waals surface area (Å²) < 4.78 is 26.5. The van der Waals surface area contributed by atoms with Crippen molar-refractivity contribution in [1.29, 1.82) is 10.5 Å². The van der Waals surface area contributed by atoms with Crippen molar-refractivity contribution < 1.29 is 18.9 Å². The summed E-state index contributed by atoms with van der Waals surface area (Å²) in [5.74, 6) is 2.95. The molecule has 0 aliphatic rings. The molecule has 8 nitrogen and oxygen atoms in total. The fourth-order valence-corrected chi connectivity index (χ4v) is 6.97. The Bertz CT molecular complexity index is 2430. The van der Waals surface area contributed by atoms with Crippen LogP contribution in [0.5, 0.6) is 23.0 Å². The average molecular weight is 655 g/mol. The molecule has 0 saturated heterocycles. The molecule has 0 N–H and O–H groups in total. The van der Waals surface area contributed by atoms with Crippen LogP contribution in [0, 0.1) is 22.7 Å². The van der Waals surface area contributed by atoms with E-state index in [9.17, 15) is 10.5 Å². The minimum absolute atomic E-state index is 0.526. The van der Waals surface area contributed by atoms with Gasteiger partial charge in [0.05, 0.1) is 73.0 Å². The van der Waals surface area contributed by atoms with Crippen LogP contribution in [0.25, 0.3) is 66.1 Å². The molecule has 0 aliphatic heterocycles. The van der Waals surface area contributed by atoms with Crippen molar-refractivity contribution in [2.45, 2.75) is 0 Å². The summed E-state index contributed by atoms with van der Waals surface area (Å²) in [6.07, 6.45) is 0. The van der Waals surface area contributed by atoms with Gasteiger partial charge in [-0.15, -0.1) is 0 Å². The van der Waals surface area contributed by atoms with Gasteiger partial charge < -0.3 is 28.1 Å². The summed E-state index contributed by atoms with van der Waals surface area (Å²) in [5.41, 5.74) is 8.04. The van der Waals surface area contributed by atoms with E-state index in [1.165, 1.54) is 0 Å². The van der Waals surface area contributed by atoms with Crippen molar-refractivity contribution in [3.8, 4) is 57.6 Å². The van der Waals surface area contributed by atoms with E-state index < -0.39 is 0 Å². The molecule has 0 fully saturated rings. The third-order valence-corrected chi connectivity index (χ3v) is 9.41. The molecule has 50 heavy (non-hydrogen) atoms. The molecule has 6 aromatic carbocycles. The molecular formula is C42H30N4O4. The maximum Gasteiger partial charge on any atom is 0.119 e. The standard InChI is InChI=1S/C42H30N4O4/c1-47-29-9-13-37-33(19-29)34-20-30(48-2)10-14-38(34)45(37)41-17-25(5-7-27(41)23-43)26-6-8-28(24-44)42(18-26)46-39-15-11-31(49-3)21-35(39)36-22-32(50-4)12-16-40(36)46/h5-22H,1-4H3. The predicted octanol–water partition coefficient (Wildman–Crippen LogP) is 9.33. The van der Waals surface area contributed by atoms with E-state index in [0.29, 0.717) is 11.1 Å². The average Bonchev–Trinajstić information content (AvgIpc) is 3.67. The van der Waals surface area contributed by atoms with Gasteiger partial charge in [0.1, 0.15) is 35.1 Å². The van der Waals surface area contributed by atoms with Crippen molar-refractivity contribution in [2.75, 3.05) is 28.4 Å². The molecule has 0 unspecified atom stereocenters. The number of methoxy groups -OCH3 is 4. The van der Waals surface area contributed by atoms with E-state index in [4.69, 9.17) is 18.9 Å². The molecule has 0 amide bonds. The first-order chi connectivity index (χ1) is 24.5. The maximum atomic E-state index is 10.3. The molecule has 0 atom stereocenters. The second-order valence-electron chi connectivity index (χ2n) is 11.9. The zero-order valence-electron chi connectivity index (χ0n) is 27.8. The minimum Gasteiger partial charge on any atom is -0.497 e. The molecule has 8 heteroatoms. The topological polar surface area (TPSA) is 94.4 Å². The maximum absolute atomic E-state index is 10.3. The number of hydrogen-bond donors (Lipinski definition) is 0. The van der Waals surface area contributed by atoms with E-state index in [1.54, 1.807) is 28.4 Å². The zero-order chi connectivity index (χ0) is 34.5. The third-order valence-electron chi connectivity index (χ3n) is 9.41. The van der Waals surface area contributed by atoms with Crippen LogP contribution in [0.3, 0.4) is 0 Å². The van der Waals surface area contributed by atoms with Gasteiger partial charge in [0, 0.05) is 21.5 Å². The lowest BCUT2D eigenvalue weighted by Crippen LogP contribution is -2.00. The minimum atomic E-state index is 0.526. The van der Waals surface area contributed by atoms with E-state index >= 15 is 0 Å². The van der Waals surface area contributed by atoms with E-state index in [0.717, 1.165) is 89.1 Å². The fourth-order valence-electron chi connectivity index (χ4n) is 6.97. The third kappa shape index (κ3) is 4.66. The predicted molar refractivity (Wildman–Crippen MR) is 196 cm³/mol. The van der Waals surface area contributed by atoms with Crippen molar-refractivity contribution in [3.05, 3.63) is 120 Å². The summed E-state index contributed by atoms with van der Waals surface area (Å²) >= 11 is 0. The van der Waals surface area contributed by atoms with Crippen molar-refractivity contribution in [2.24, 2.45) is 0 Å². The van der Waals surface area contributed by atoms with Crippen LogP contribution in [-0.2, 0) is 0 Å². The second kappa shape index (κ2) is 12.0. The highest BCUT2D eigenvalue weighted by Gasteiger charge is 2.20. The number of rotatable bonds is 7. The molecule has 2 aromatic heterocycles. The number of ether oxygens (including phenoxy) is 4. The van der Waals surface area contributed by atoms with Crippen LogP contribution in [0.4, 0.5) is 0 Å². The first-order valence-electron chi connectivity index (χ1n) is 15.9. The van der Waals surface area contributed by atoms with Crippen LogP contribution < -0.4 is 18.9 Å². The van der Waals surface area contributed by atoms with Gasteiger partial charge in [-0.05, 0) is 108 Å². The number of nitriles is 2. The molecule has 0 radical (unpaired) electrons. The summed E-state index contributed by atoms with van der Waals surface area (Å²) in [5, 5.41) is 24.6. The quantitative estimate of drug-likeness (QED) is 0.170. The van der Waals surface area contributed by atoms with Crippen LogP contribution >= 0.6 is 0 Å². The lowest BCUT2D eigenvalue weighted by Gasteiger charge is -2.15. The first kappa shape index (κ1) is 30.4. The Morgan fingerprint density at radius 2 is 0.700 bits per heavy atom. The van der Waals surface area contributed by atoms with Crippen LogP contribution in [0.2, 0.25) is 0 Å². The summed E-state index contributed by atoms with van der Waals surface area (Å²) in [6.45, 7) is 0. The fraction of sp³-hybridized carbons (Fsp3) is 0.0952. The van der Waals surface area contributed by atoms with Gasteiger partial charge in [0.25, 0.3) is 0 Å². The first-order valence-corrected chi connectivity index (χ1v) is 15.9. The van der Waals surface area contributed by atoms with Crippen molar-refractivity contribution in [1.82, 2.24) is 9.13 Å². The summed E-state index contributed by atoms with van der Waals surface area (Å²) in [7, 11) is 6.60. The van der Waals surface area contributed by atoms with Gasteiger partial charge in [0.2, 0.25) is 0 Å². The van der Waals surface area contributed by atoms with E-state index in [1.807, 2.05) is 109 Å². The van der Waals surface area contributed by atoms with Gasteiger partial charge >= 0.3 is 0 Å². The van der Waals surface area contributed by atoms with E-state index in [2.05, 4.69) is 21.3 Å². The van der Waals surface area contributed by atoms with Crippen molar-refractivity contribution in [3.63, 3.8) is 0 Å². The van der Waals surface area contributed by atoms with Crippen LogP contribution in [-0.4, -0.2) is 37.6 Å². The molecule has 8 aromatic rings. The monoisotopic (exact) mass is 654 g/mol. The molecule has 242 valence electrons. The Morgan fingerprint density at radius 1 is 0.400 bits per heavy atom. The van der Waals surface area contributed by atoms with Gasteiger partial charge in [0.15, 0.2) is 0 Å². The molecule has 0 saturated carbocycles. The summed E-state index contributed by atoms with van der Waals surface area (Å²) in [4.78, 5) is 0. The Balaban J connectivity index is 1.37. The Hall–Kier alpha value is -6.90. The lowest BCUT2D eigenvalue weighted by atomic mass is 9.99. The van der Waals surface area contributed by atoms with E-state index in [-0.39, 0.29) is 0 Å². The highest BCUT2D eigenvalue weighted by molar-refractivity contribution is 6.11. The number of hydrogen-bond acceptors (Lipinski definition) is 6. The number of nitrogens with zero attached hydrogens (tertiary/aromatic N) is 4. The second-order valence-corrected chi connectivity index (χ2v) is 11.9.